The lowest BCUT2D eigenvalue weighted by Gasteiger charge is -2.31. The van der Waals surface area contributed by atoms with Crippen molar-refractivity contribution in [3.8, 4) is 0 Å². The molecule has 8 nitrogen and oxygen atoms in total. The van der Waals surface area contributed by atoms with Crippen LogP contribution in [0.15, 0.2) is 36.8 Å². The van der Waals surface area contributed by atoms with Gasteiger partial charge in [-0.15, -0.1) is 0 Å². The van der Waals surface area contributed by atoms with Crippen LogP contribution in [0.25, 0.3) is 0 Å². The summed E-state index contributed by atoms with van der Waals surface area (Å²) in [7, 11) is 0. The molecule has 1 aliphatic heterocycles. The van der Waals surface area contributed by atoms with Crippen molar-refractivity contribution in [3.05, 3.63) is 42.4 Å². The number of nitrogens with one attached hydrogen (secondary N) is 2. The van der Waals surface area contributed by atoms with Gasteiger partial charge in [0.05, 0.1) is 6.10 Å². The molecular weight excluding hydrogens is 320 g/mol. The molecule has 0 aliphatic carbocycles. The summed E-state index contributed by atoms with van der Waals surface area (Å²) in [4.78, 5) is 26.5. The van der Waals surface area contributed by atoms with E-state index in [0.29, 0.717) is 31.1 Å². The summed E-state index contributed by atoms with van der Waals surface area (Å²) < 4.78 is 0. The van der Waals surface area contributed by atoms with Crippen molar-refractivity contribution < 1.29 is 9.90 Å². The number of piperidine rings is 1. The number of carbonyl (C=O) groups excluding carboxylic acids is 1. The maximum Gasteiger partial charge on any atom is 0.251 e. The van der Waals surface area contributed by atoms with Gasteiger partial charge in [0.1, 0.15) is 5.82 Å². The molecule has 132 valence electrons. The van der Waals surface area contributed by atoms with E-state index in [1.54, 1.807) is 30.7 Å². The van der Waals surface area contributed by atoms with Gasteiger partial charge in [-0.3, -0.25) is 9.78 Å². The molecule has 0 radical (unpaired) electrons. The highest BCUT2D eigenvalue weighted by atomic mass is 16.3. The van der Waals surface area contributed by atoms with E-state index in [-0.39, 0.29) is 12.0 Å². The van der Waals surface area contributed by atoms with Crippen LogP contribution in [0.4, 0.5) is 11.8 Å². The van der Waals surface area contributed by atoms with Gasteiger partial charge in [-0.05, 0) is 31.0 Å². The fourth-order valence-corrected chi connectivity index (χ4v) is 2.73. The first-order valence-corrected chi connectivity index (χ1v) is 8.40. The maximum absolute atomic E-state index is 11.9. The number of β-amino-alcohol motifs (C(OH)–C–C–N with tert-alkyl or cyclic N) is 1. The Morgan fingerprint density at radius 2 is 2.08 bits per heavy atom. The van der Waals surface area contributed by atoms with Crippen LogP contribution in [0.5, 0.6) is 0 Å². The molecule has 1 saturated heterocycles. The van der Waals surface area contributed by atoms with Crippen LogP contribution in [0, 0.1) is 0 Å². The van der Waals surface area contributed by atoms with Crippen molar-refractivity contribution in [1.29, 1.82) is 0 Å². The first-order valence-electron chi connectivity index (χ1n) is 8.40. The molecule has 2 aromatic rings. The SMILES string of the molecule is O=C(NCCNc1nccc(N2CCC[C@@H](O)C2)n1)c1ccncc1. The Kier molecular flexibility index (Phi) is 5.73. The van der Waals surface area contributed by atoms with E-state index in [0.717, 1.165) is 25.2 Å². The van der Waals surface area contributed by atoms with E-state index < -0.39 is 0 Å². The molecule has 1 amide bonds. The van der Waals surface area contributed by atoms with Gasteiger partial charge >= 0.3 is 0 Å². The number of carbonyl (C=O) groups is 1. The summed E-state index contributed by atoms with van der Waals surface area (Å²) in [5, 5.41) is 15.7. The zero-order valence-electron chi connectivity index (χ0n) is 13.9. The van der Waals surface area contributed by atoms with Crippen molar-refractivity contribution in [3.63, 3.8) is 0 Å². The van der Waals surface area contributed by atoms with Crippen LogP contribution in [-0.4, -0.2) is 58.2 Å². The molecule has 1 aliphatic rings. The molecule has 25 heavy (non-hydrogen) atoms. The molecule has 3 heterocycles. The van der Waals surface area contributed by atoms with Crippen LogP contribution in [-0.2, 0) is 0 Å². The number of hydrogen-bond donors (Lipinski definition) is 3. The molecule has 0 saturated carbocycles. The second-order valence-corrected chi connectivity index (χ2v) is 5.90. The third-order valence-electron chi connectivity index (χ3n) is 4.00. The summed E-state index contributed by atoms with van der Waals surface area (Å²) in [6.07, 6.45) is 6.36. The smallest absolute Gasteiger partial charge is 0.251 e. The molecule has 1 fully saturated rings. The number of aromatic nitrogens is 3. The quantitative estimate of drug-likeness (QED) is 0.663. The zero-order valence-corrected chi connectivity index (χ0v) is 13.9. The fraction of sp³-hybridized carbons (Fsp3) is 0.412. The maximum atomic E-state index is 11.9. The highest BCUT2D eigenvalue weighted by Gasteiger charge is 2.19. The van der Waals surface area contributed by atoms with Gasteiger partial charge in [-0.25, -0.2) is 4.98 Å². The number of pyridine rings is 1. The van der Waals surface area contributed by atoms with Gasteiger partial charge in [-0.2, -0.15) is 4.98 Å². The van der Waals surface area contributed by atoms with Gasteiger partial charge in [0, 0.05) is 50.3 Å². The number of aliphatic hydroxyl groups is 1. The standard InChI is InChI=1S/C17H22N6O2/c24-14-2-1-11-23(12-14)15-5-8-20-17(22-15)21-10-9-19-16(25)13-3-6-18-7-4-13/h3-8,14,24H,1-2,9-12H2,(H,19,25)(H,20,21,22)/t14-/m1/s1. The molecule has 0 spiro atoms. The van der Waals surface area contributed by atoms with Crippen molar-refractivity contribution in [1.82, 2.24) is 20.3 Å². The Morgan fingerprint density at radius 1 is 1.24 bits per heavy atom. The van der Waals surface area contributed by atoms with E-state index in [9.17, 15) is 9.90 Å². The Bertz CT molecular complexity index is 697. The van der Waals surface area contributed by atoms with E-state index in [1.165, 1.54) is 0 Å². The van der Waals surface area contributed by atoms with E-state index >= 15 is 0 Å². The van der Waals surface area contributed by atoms with Gasteiger partial charge in [-0.1, -0.05) is 0 Å². The molecule has 3 N–H and O–H groups in total. The highest BCUT2D eigenvalue weighted by Crippen LogP contribution is 2.18. The summed E-state index contributed by atoms with van der Waals surface area (Å²) in [6, 6.07) is 5.18. The zero-order chi connectivity index (χ0) is 17.5. The first-order chi connectivity index (χ1) is 12.2. The topological polar surface area (TPSA) is 103 Å². The van der Waals surface area contributed by atoms with Gasteiger partial charge in [0.15, 0.2) is 0 Å². The van der Waals surface area contributed by atoms with Gasteiger partial charge in [0.2, 0.25) is 5.95 Å². The monoisotopic (exact) mass is 342 g/mol. The van der Waals surface area contributed by atoms with Crippen molar-refractivity contribution >= 4 is 17.7 Å². The summed E-state index contributed by atoms with van der Waals surface area (Å²) in [5.74, 6) is 1.17. The van der Waals surface area contributed by atoms with Crippen molar-refractivity contribution in [2.24, 2.45) is 0 Å². The highest BCUT2D eigenvalue weighted by molar-refractivity contribution is 5.93. The summed E-state index contributed by atoms with van der Waals surface area (Å²) in [5.41, 5.74) is 0.580. The van der Waals surface area contributed by atoms with Crippen molar-refractivity contribution in [2.45, 2.75) is 18.9 Å². The molecule has 0 aromatic carbocycles. The van der Waals surface area contributed by atoms with Crippen molar-refractivity contribution in [2.75, 3.05) is 36.4 Å². The van der Waals surface area contributed by atoms with E-state index in [4.69, 9.17) is 0 Å². The van der Waals surface area contributed by atoms with Crippen LogP contribution in [0.1, 0.15) is 23.2 Å². The minimum Gasteiger partial charge on any atom is -0.391 e. The number of anilines is 2. The molecule has 3 rings (SSSR count). The molecular formula is C17H22N6O2. The number of nitrogens with zero attached hydrogens (tertiary/aromatic N) is 4. The second kappa shape index (κ2) is 8.39. The van der Waals surface area contributed by atoms with E-state index in [1.807, 2.05) is 6.07 Å². The molecule has 0 bridgehead atoms. The van der Waals surface area contributed by atoms with Gasteiger partial charge in [0.25, 0.3) is 5.91 Å². The summed E-state index contributed by atoms with van der Waals surface area (Å²) >= 11 is 0. The average molecular weight is 342 g/mol. The Balaban J connectivity index is 1.47. The number of rotatable bonds is 6. The lowest BCUT2D eigenvalue weighted by atomic mass is 10.1. The predicted molar refractivity (Wildman–Crippen MR) is 94.5 cm³/mol. The predicted octanol–water partition coefficient (Wildman–Crippen LogP) is 0.675. The minimum absolute atomic E-state index is 0.138. The number of hydrogen-bond acceptors (Lipinski definition) is 7. The lowest BCUT2D eigenvalue weighted by Crippen LogP contribution is -2.38. The van der Waals surface area contributed by atoms with Crippen LogP contribution in [0.3, 0.4) is 0 Å². The fourth-order valence-electron chi connectivity index (χ4n) is 2.73. The molecule has 8 heteroatoms. The average Bonchev–Trinajstić information content (AvgIpc) is 2.66. The first kappa shape index (κ1) is 17.1. The number of amides is 1. The number of aliphatic hydroxyl groups excluding tert-OH is 1. The molecule has 2 aromatic heterocycles. The van der Waals surface area contributed by atoms with E-state index in [2.05, 4.69) is 30.5 Å². The third-order valence-corrected chi connectivity index (χ3v) is 4.00. The minimum atomic E-state index is -0.302. The van der Waals surface area contributed by atoms with Crippen LogP contribution >= 0.6 is 0 Å². The van der Waals surface area contributed by atoms with Gasteiger partial charge < -0.3 is 20.6 Å². The normalized spacial score (nSPS) is 17.2. The summed E-state index contributed by atoms with van der Waals surface area (Å²) in [6.45, 7) is 2.45. The lowest BCUT2D eigenvalue weighted by molar-refractivity contribution is 0.0955. The Hall–Kier alpha value is -2.74. The molecule has 1 atom stereocenters. The largest absolute Gasteiger partial charge is 0.391 e. The van der Waals surface area contributed by atoms with Crippen LogP contribution < -0.4 is 15.5 Å². The second-order valence-electron chi connectivity index (χ2n) is 5.90. The third kappa shape index (κ3) is 4.87. The molecule has 0 unspecified atom stereocenters. The van der Waals surface area contributed by atoms with Crippen LogP contribution in [0.2, 0.25) is 0 Å². The Morgan fingerprint density at radius 3 is 2.88 bits per heavy atom. The Labute approximate surface area is 146 Å².